The predicted octanol–water partition coefficient (Wildman–Crippen LogP) is 2.86. The third-order valence-corrected chi connectivity index (χ3v) is 3.87. The van der Waals surface area contributed by atoms with Gasteiger partial charge < -0.3 is 5.11 Å². The molecule has 0 spiro atoms. The molecule has 15 heavy (non-hydrogen) atoms. The molecule has 2 saturated carbocycles. The summed E-state index contributed by atoms with van der Waals surface area (Å²) in [5.74, 6) is 1.20. The van der Waals surface area contributed by atoms with Gasteiger partial charge in [0.25, 0.3) is 0 Å². The number of fused-ring (bicyclic) bond motifs is 2. The van der Waals surface area contributed by atoms with Crippen LogP contribution in [0.2, 0.25) is 0 Å². The van der Waals surface area contributed by atoms with Gasteiger partial charge in [0.05, 0.1) is 6.10 Å². The Morgan fingerprint density at radius 3 is 2.60 bits per heavy atom. The van der Waals surface area contributed by atoms with E-state index in [0.29, 0.717) is 11.8 Å². The molecule has 0 aliphatic heterocycles. The molecule has 2 fully saturated rings. The van der Waals surface area contributed by atoms with Gasteiger partial charge in [0.2, 0.25) is 0 Å². The maximum Gasteiger partial charge on any atom is 0.0784 e. The smallest absolute Gasteiger partial charge is 0.0784 e. The minimum Gasteiger partial charge on any atom is -0.388 e. The number of hydrogen-bond acceptors (Lipinski definition) is 1. The number of aliphatic hydroxyl groups excluding tert-OH is 1. The van der Waals surface area contributed by atoms with Crippen molar-refractivity contribution in [3.63, 3.8) is 0 Å². The minimum atomic E-state index is -0.163. The molecule has 1 heteroatoms. The molecular weight excluding hydrogens is 184 g/mol. The van der Waals surface area contributed by atoms with Gasteiger partial charge >= 0.3 is 0 Å². The van der Waals surface area contributed by atoms with Crippen molar-refractivity contribution < 1.29 is 5.11 Å². The van der Waals surface area contributed by atoms with Gasteiger partial charge in [0.1, 0.15) is 0 Å². The van der Waals surface area contributed by atoms with Crippen LogP contribution in [0.3, 0.4) is 0 Å². The molecule has 1 aromatic rings. The Labute approximate surface area is 90.4 Å². The maximum absolute atomic E-state index is 10.1. The van der Waals surface area contributed by atoms with Crippen LogP contribution in [-0.2, 0) is 0 Å². The van der Waals surface area contributed by atoms with Crippen LogP contribution in [0.25, 0.3) is 6.08 Å². The van der Waals surface area contributed by atoms with Crippen LogP contribution in [-0.4, -0.2) is 11.2 Å². The standard InChI is InChI=1S/C14H16O/c15-14-12-7-6-11(9-12)13(14)8-10-4-2-1-3-5-10/h1-5,8,11-12,14-15H,6-7,9H2/b13-8+/t11-,12+,14+/m1/s1. The molecule has 0 saturated heterocycles. The van der Waals surface area contributed by atoms with E-state index in [1.165, 1.54) is 30.4 Å². The first-order chi connectivity index (χ1) is 7.34. The summed E-state index contributed by atoms with van der Waals surface area (Å²) in [5, 5.41) is 10.1. The molecule has 2 aliphatic rings. The lowest BCUT2D eigenvalue weighted by molar-refractivity contribution is 0.155. The van der Waals surface area contributed by atoms with Crippen LogP contribution < -0.4 is 0 Å². The van der Waals surface area contributed by atoms with Gasteiger partial charge in [-0.2, -0.15) is 0 Å². The molecule has 78 valence electrons. The van der Waals surface area contributed by atoms with Crippen LogP contribution >= 0.6 is 0 Å². The molecule has 0 aromatic heterocycles. The molecule has 1 aromatic carbocycles. The van der Waals surface area contributed by atoms with Crippen molar-refractivity contribution in [3.8, 4) is 0 Å². The first-order valence-electron chi connectivity index (χ1n) is 5.79. The van der Waals surface area contributed by atoms with Crippen molar-refractivity contribution in [1.82, 2.24) is 0 Å². The van der Waals surface area contributed by atoms with Crippen LogP contribution in [0.5, 0.6) is 0 Å². The second kappa shape index (κ2) is 3.49. The molecule has 3 atom stereocenters. The van der Waals surface area contributed by atoms with Crippen molar-refractivity contribution in [3.05, 3.63) is 41.5 Å². The zero-order valence-corrected chi connectivity index (χ0v) is 8.76. The van der Waals surface area contributed by atoms with E-state index >= 15 is 0 Å². The average Bonchev–Trinajstić information content (AvgIpc) is 2.84. The van der Waals surface area contributed by atoms with Crippen molar-refractivity contribution in [1.29, 1.82) is 0 Å². The lowest BCUT2D eigenvalue weighted by atomic mass is 9.91. The second-order valence-electron chi connectivity index (χ2n) is 4.77. The Kier molecular flexibility index (Phi) is 2.14. The number of rotatable bonds is 1. The van der Waals surface area contributed by atoms with Crippen LogP contribution in [0.1, 0.15) is 24.8 Å². The summed E-state index contributed by atoms with van der Waals surface area (Å²) >= 11 is 0. The Morgan fingerprint density at radius 2 is 1.93 bits per heavy atom. The summed E-state index contributed by atoms with van der Waals surface area (Å²) in [5.41, 5.74) is 2.50. The normalized spacial score (nSPS) is 36.3. The molecule has 0 radical (unpaired) electrons. The van der Waals surface area contributed by atoms with Gasteiger partial charge in [0.15, 0.2) is 0 Å². The molecule has 3 rings (SSSR count). The molecule has 1 N–H and O–H groups in total. The highest BCUT2D eigenvalue weighted by molar-refractivity contribution is 5.55. The van der Waals surface area contributed by atoms with E-state index in [1.54, 1.807) is 0 Å². The number of aliphatic hydroxyl groups is 1. The Hall–Kier alpha value is -1.08. The molecule has 0 amide bonds. The third kappa shape index (κ3) is 1.51. The van der Waals surface area contributed by atoms with Gasteiger partial charge in [-0.1, -0.05) is 36.4 Å². The van der Waals surface area contributed by atoms with E-state index in [1.807, 2.05) is 18.2 Å². The first-order valence-corrected chi connectivity index (χ1v) is 5.79. The molecule has 0 heterocycles. The van der Waals surface area contributed by atoms with Crippen LogP contribution in [0, 0.1) is 11.8 Å². The Bertz CT molecular complexity index is 376. The summed E-state index contributed by atoms with van der Waals surface area (Å²) < 4.78 is 0. The fourth-order valence-corrected chi connectivity index (χ4v) is 3.06. The zero-order chi connectivity index (χ0) is 10.3. The summed E-state index contributed by atoms with van der Waals surface area (Å²) in [7, 11) is 0. The lowest BCUT2D eigenvalue weighted by Gasteiger charge is -2.19. The SMILES string of the molecule is O[C@@H]1/C(=C/c2ccccc2)[C@@H]2CC[C@H]1C2. The van der Waals surface area contributed by atoms with Crippen molar-refractivity contribution in [2.75, 3.05) is 0 Å². The molecule has 1 nitrogen and oxygen atoms in total. The van der Waals surface area contributed by atoms with Crippen molar-refractivity contribution in [2.24, 2.45) is 11.8 Å². The first kappa shape index (κ1) is 9.17. The van der Waals surface area contributed by atoms with E-state index in [9.17, 15) is 5.11 Å². The van der Waals surface area contributed by atoms with Crippen LogP contribution in [0.4, 0.5) is 0 Å². The number of benzene rings is 1. The maximum atomic E-state index is 10.1. The van der Waals surface area contributed by atoms with Gasteiger partial charge in [0, 0.05) is 0 Å². The fourth-order valence-electron chi connectivity index (χ4n) is 3.06. The summed E-state index contributed by atoms with van der Waals surface area (Å²) in [6.07, 6.45) is 5.73. The van der Waals surface area contributed by atoms with E-state index in [-0.39, 0.29) is 6.10 Å². The molecule has 2 bridgehead atoms. The van der Waals surface area contributed by atoms with Gasteiger partial charge in [-0.05, 0) is 42.2 Å². The Balaban J connectivity index is 1.92. The zero-order valence-electron chi connectivity index (χ0n) is 8.76. The quantitative estimate of drug-likeness (QED) is 0.739. The number of hydrogen-bond donors (Lipinski definition) is 1. The summed E-state index contributed by atoms with van der Waals surface area (Å²) in [4.78, 5) is 0. The lowest BCUT2D eigenvalue weighted by Crippen LogP contribution is -2.18. The monoisotopic (exact) mass is 200 g/mol. The van der Waals surface area contributed by atoms with Crippen molar-refractivity contribution in [2.45, 2.75) is 25.4 Å². The summed E-state index contributed by atoms with van der Waals surface area (Å²) in [6.45, 7) is 0. The van der Waals surface area contributed by atoms with E-state index in [2.05, 4.69) is 18.2 Å². The van der Waals surface area contributed by atoms with Gasteiger partial charge in [-0.25, -0.2) is 0 Å². The van der Waals surface area contributed by atoms with Gasteiger partial charge in [-0.3, -0.25) is 0 Å². The topological polar surface area (TPSA) is 20.2 Å². The highest BCUT2D eigenvalue weighted by atomic mass is 16.3. The van der Waals surface area contributed by atoms with Crippen molar-refractivity contribution >= 4 is 6.08 Å². The highest BCUT2D eigenvalue weighted by Crippen LogP contribution is 2.48. The molecular formula is C14H16O. The van der Waals surface area contributed by atoms with E-state index in [4.69, 9.17) is 0 Å². The third-order valence-electron chi connectivity index (χ3n) is 3.87. The highest BCUT2D eigenvalue weighted by Gasteiger charge is 2.42. The predicted molar refractivity (Wildman–Crippen MR) is 61.3 cm³/mol. The molecule has 0 unspecified atom stereocenters. The van der Waals surface area contributed by atoms with E-state index in [0.717, 1.165) is 0 Å². The fraction of sp³-hybridized carbons (Fsp3) is 0.429. The molecule has 2 aliphatic carbocycles. The Morgan fingerprint density at radius 1 is 1.13 bits per heavy atom. The second-order valence-corrected chi connectivity index (χ2v) is 4.77. The van der Waals surface area contributed by atoms with Gasteiger partial charge in [-0.15, -0.1) is 0 Å². The minimum absolute atomic E-state index is 0.163. The average molecular weight is 200 g/mol. The largest absolute Gasteiger partial charge is 0.388 e. The van der Waals surface area contributed by atoms with Crippen LogP contribution in [0.15, 0.2) is 35.9 Å². The van der Waals surface area contributed by atoms with E-state index < -0.39 is 0 Å². The summed E-state index contributed by atoms with van der Waals surface area (Å²) in [6, 6.07) is 10.3.